The highest BCUT2D eigenvalue weighted by Gasteiger charge is 2.19. The number of amides is 1. The number of hydrogen-bond donors (Lipinski definition) is 3. The van der Waals surface area contributed by atoms with E-state index in [0.29, 0.717) is 36.8 Å². The Morgan fingerprint density at radius 3 is 2.56 bits per heavy atom. The van der Waals surface area contributed by atoms with Crippen molar-refractivity contribution in [3.8, 4) is 11.9 Å². The molecule has 0 saturated heterocycles. The molecule has 32 heavy (non-hydrogen) atoms. The highest BCUT2D eigenvalue weighted by atomic mass is 16.2. The van der Waals surface area contributed by atoms with Crippen LogP contribution in [0.5, 0.6) is 0 Å². The fraction of sp³-hybridized carbons (Fsp3) is 0.333. The van der Waals surface area contributed by atoms with E-state index in [4.69, 9.17) is 5.26 Å². The standard InChI is InChI=1S/C24H29N7O/c1-3-5-8-20(23(32)27-17-19-11-9-18(16-25)10-12-19)28-21-15-22(31-13-6-7-14-31)30-24(29-21)26-4-2/h6-7,9-15,20H,3-5,8,17H2,1-2H3,(H,27,32)(H2,26,28,29,30)/t20-/m1/s1. The van der Waals surface area contributed by atoms with E-state index in [1.165, 1.54) is 0 Å². The molecule has 1 amide bonds. The molecule has 0 fully saturated rings. The predicted molar refractivity (Wildman–Crippen MR) is 125 cm³/mol. The van der Waals surface area contributed by atoms with Crippen molar-refractivity contribution >= 4 is 17.7 Å². The van der Waals surface area contributed by atoms with Crippen molar-refractivity contribution in [1.29, 1.82) is 5.26 Å². The van der Waals surface area contributed by atoms with Gasteiger partial charge in [0.25, 0.3) is 0 Å². The average Bonchev–Trinajstić information content (AvgIpc) is 3.36. The van der Waals surface area contributed by atoms with Crippen LogP contribution in [0.3, 0.4) is 0 Å². The molecule has 0 saturated carbocycles. The second-order valence-corrected chi connectivity index (χ2v) is 7.42. The number of rotatable bonds is 11. The van der Waals surface area contributed by atoms with Crippen molar-refractivity contribution < 1.29 is 4.79 Å². The maximum Gasteiger partial charge on any atom is 0.242 e. The van der Waals surface area contributed by atoms with Crippen LogP contribution in [0.4, 0.5) is 11.8 Å². The molecule has 3 N–H and O–H groups in total. The first-order chi connectivity index (χ1) is 15.6. The minimum Gasteiger partial charge on any atom is -0.358 e. The Balaban J connectivity index is 1.75. The topological polar surface area (TPSA) is 108 Å². The predicted octanol–water partition coefficient (Wildman–Crippen LogP) is 3.86. The Morgan fingerprint density at radius 1 is 1.16 bits per heavy atom. The molecule has 0 bridgehead atoms. The minimum absolute atomic E-state index is 0.0889. The van der Waals surface area contributed by atoms with Crippen molar-refractivity contribution in [2.45, 2.75) is 45.7 Å². The SMILES string of the molecule is CCCC[C@@H](Nc1cc(-n2cccc2)nc(NCC)n1)C(=O)NCc1ccc(C#N)cc1. The Hall–Kier alpha value is -3.86. The van der Waals surface area contributed by atoms with E-state index in [2.05, 4.69) is 38.9 Å². The molecule has 0 aliphatic carbocycles. The molecule has 166 valence electrons. The highest BCUT2D eigenvalue weighted by molar-refractivity contribution is 5.84. The summed E-state index contributed by atoms with van der Waals surface area (Å²) in [5.74, 6) is 1.73. The molecule has 0 aliphatic heterocycles. The summed E-state index contributed by atoms with van der Waals surface area (Å²) >= 11 is 0. The number of nitrogens with one attached hydrogen (secondary N) is 3. The molecule has 0 unspecified atom stereocenters. The molecule has 8 heteroatoms. The third-order valence-electron chi connectivity index (χ3n) is 4.95. The van der Waals surface area contributed by atoms with Gasteiger partial charge in [-0.15, -0.1) is 0 Å². The van der Waals surface area contributed by atoms with Crippen LogP contribution in [0.2, 0.25) is 0 Å². The van der Waals surface area contributed by atoms with Crippen molar-refractivity contribution in [2.75, 3.05) is 17.2 Å². The zero-order valence-electron chi connectivity index (χ0n) is 18.5. The maximum absolute atomic E-state index is 13.0. The van der Waals surface area contributed by atoms with Crippen molar-refractivity contribution in [2.24, 2.45) is 0 Å². The molecule has 0 aliphatic rings. The summed E-state index contributed by atoms with van der Waals surface area (Å²) < 4.78 is 1.90. The first-order valence-electron chi connectivity index (χ1n) is 10.9. The fourth-order valence-electron chi connectivity index (χ4n) is 3.23. The number of nitriles is 1. The number of unbranched alkanes of at least 4 members (excludes halogenated alkanes) is 1. The molecule has 8 nitrogen and oxygen atoms in total. The Labute approximate surface area is 188 Å². The van der Waals surface area contributed by atoms with Crippen molar-refractivity contribution in [1.82, 2.24) is 19.9 Å². The van der Waals surface area contributed by atoms with Crippen molar-refractivity contribution in [3.05, 3.63) is 66.0 Å². The van der Waals surface area contributed by atoms with E-state index in [1.54, 1.807) is 12.1 Å². The Bertz CT molecular complexity index is 1040. The summed E-state index contributed by atoms with van der Waals surface area (Å²) in [5, 5.41) is 18.4. The lowest BCUT2D eigenvalue weighted by atomic mass is 10.1. The number of carbonyl (C=O) groups excluding carboxylic acids is 1. The second kappa shape index (κ2) is 11.5. The summed E-state index contributed by atoms with van der Waals surface area (Å²) in [6, 6.07) is 14.6. The lowest BCUT2D eigenvalue weighted by Crippen LogP contribution is -2.39. The molecular weight excluding hydrogens is 402 g/mol. The van der Waals surface area contributed by atoms with Crippen LogP contribution in [-0.2, 0) is 11.3 Å². The lowest BCUT2D eigenvalue weighted by Gasteiger charge is -2.20. The molecule has 2 heterocycles. The van der Waals surface area contributed by atoms with Crippen LogP contribution >= 0.6 is 0 Å². The quantitative estimate of drug-likeness (QED) is 0.426. The summed E-state index contributed by atoms with van der Waals surface area (Å²) in [7, 11) is 0. The van der Waals surface area contributed by atoms with Crippen LogP contribution in [-0.4, -0.2) is 33.0 Å². The number of carbonyl (C=O) groups is 1. The van der Waals surface area contributed by atoms with E-state index in [-0.39, 0.29) is 5.91 Å². The summed E-state index contributed by atoms with van der Waals surface area (Å²) in [5.41, 5.74) is 1.54. The van der Waals surface area contributed by atoms with Gasteiger partial charge in [0.15, 0.2) is 0 Å². The van der Waals surface area contributed by atoms with Gasteiger partial charge in [0.2, 0.25) is 11.9 Å². The number of hydrogen-bond acceptors (Lipinski definition) is 6. The van der Waals surface area contributed by atoms with Gasteiger partial charge in [-0.3, -0.25) is 4.79 Å². The van der Waals surface area contributed by atoms with Gasteiger partial charge in [-0.05, 0) is 43.2 Å². The normalized spacial score (nSPS) is 11.4. The molecule has 1 aromatic carbocycles. The third kappa shape index (κ3) is 6.32. The van der Waals surface area contributed by atoms with Gasteiger partial charge in [0.1, 0.15) is 17.7 Å². The summed E-state index contributed by atoms with van der Waals surface area (Å²) in [4.78, 5) is 22.1. The zero-order chi connectivity index (χ0) is 22.8. The lowest BCUT2D eigenvalue weighted by molar-refractivity contribution is -0.122. The van der Waals surface area contributed by atoms with E-state index in [0.717, 1.165) is 24.2 Å². The van der Waals surface area contributed by atoms with Gasteiger partial charge >= 0.3 is 0 Å². The van der Waals surface area contributed by atoms with Crippen LogP contribution in [0.25, 0.3) is 5.82 Å². The van der Waals surface area contributed by atoms with Gasteiger partial charge in [-0.1, -0.05) is 31.9 Å². The molecule has 3 aromatic rings. The second-order valence-electron chi connectivity index (χ2n) is 7.42. The Kier molecular flexibility index (Phi) is 8.21. The number of aromatic nitrogens is 3. The maximum atomic E-state index is 13.0. The fourth-order valence-corrected chi connectivity index (χ4v) is 3.23. The first kappa shape index (κ1) is 22.8. The highest BCUT2D eigenvalue weighted by Crippen LogP contribution is 2.17. The monoisotopic (exact) mass is 431 g/mol. The summed E-state index contributed by atoms with van der Waals surface area (Å²) in [6.45, 7) is 5.18. The molecule has 3 rings (SSSR count). The molecule has 0 radical (unpaired) electrons. The van der Waals surface area contributed by atoms with Crippen LogP contribution < -0.4 is 16.0 Å². The smallest absolute Gasteiger partial charge is 0.242 e. The van der Waals surface area contributed by atoms with Crippen LogP contribution in [0.15, 0.2) is 54.9 Å². The van der Waals surface area contributed by atoms with Crippen molar-refractivity contribution in [3.63, 3.8) is 0 Å². The average molecular weight is 432 g/mol. The van der Waals surface area contributed by atoms with Gasteiger partial charge in [-0.25, -0.2) is 0 Å². The molecule has 0 spiro atoms. The van der Waals surface area contributed by atoms with E-state index >= 15 is 0 Å². The molecule has 2 aromatic heterocycles. The van der Waals surface area contributed by atoms with Gasteiger partial charge in [-0.2, -0.15) is 15.2 Å². The summed E-state index contributed by atoms with van der Waals surface area (Å²) in [6.07, 6.45) is 6.43. The van der Waals surface area contributed by atoms with E-state index in [1.807, 2.05) is 54.2 Å². The third-order valence-corrected chi connectivity index (χ3v) is 4.95. The Morgan fingerprint density at radius 2 is 1.91 bits per heavy atom. The van der Waals surface area contributed by atoms with Crippen LogP contribution in [0.1, 0.15) is 44.2 Å². The van der Waals surface area contributed by atoms with Gasteiger partial charge < -0.3 is 20.5 Å². The largest absolute Gasteiger partial charge is 0.358 e. The van der Waals surface area contributed by atoms with E-state index < -0.39 is 6.04 Å². The number of benzene rings is 1. The minimum atomic E-state index is -0.421. The molecular formula is C24H29N7O. The van der Waals surface area contributed by atoms with E-state index in [9.17, 15) is 4.79 Å². The number of anilines is 2. The number of nitrogens with zero attached hydrogens (tertiary/aromatic N) is 4. The van der Waals surface area contributed by atoms with Gasteiger partial charge in [0, 0.05) is 31.5 Å². The van der Waals surface area contributed by atoms with Crippen LogP contribution in [0, 0.1) is 11.3 Å². The molecule has 1 atom stereocenters. The first-order valence-corrected chi connectivity index (χ1v) is 10.9. The zero-order valence-corrected chi connectivity index (χ0v) is 18.5. The van der Waals surface area contributed by atoms with Gasteiger partial charge in [0.05, 0.1) is 11.6 Å².